The fraction of sp³-hybridized carbons (Fsp3) is 0.500. The van der Waals surface area contributed by atoms with Gasteiger partial charge in [0.05, 0.1) is 22.9 Å². The van der Waals surface area contributed by atoms with Gasteiger partial charge in [0.1, 0.15) is 0 Å². The molecule has 1 heterocycles. The summed E-state index contributed by atoms with van der Waals surface area (Å²) in [6.07, 6.45) is 1.67. The van der Waals surface area contributed by atoms with E-state index in [0.717, 1.165) is 16.5 Å². The number of aromatic nitrogens is 2. The first kappa shape index (κ1) is 15.0. The molecule has 5 nitrogen and oxygen atoms in total. The molecule has 20 heavy (non-hydrogen) atoms. The largest absolute Gasteiger partial charge is 0.492 e. The van der Waals surface area contributed by atoms with Crippen molar-refractivity contribution >= 4 is 23.5 Å². The van der Waals surface area contributed by atoms with Crippen molar-refractivity contribution in [3.63, 3.8) is 0 Å². The second-order valence-corrected chi connectivity index (χ2v) is 6.17. The van der Waals surface area contributed by atoms with Gasteiger partial charge >= 0.3 is 7.12 Å². The lowest BCUT2D eigenvalue weighted by Gasteiger charge is -2.38. The zero-order valence-corrected chi connectivity index (χ0v) is 12.6. The van der Waals surface area contributed by atoms with Gasteiger partial charge in [-0.25, -0.2) is 0 Å². The third-order valence-electron chi connectivity index (χ3n) is 4.00. The van der Waals surface area contributed by atoms with E-state index < -0.39 is 18.3 Å². The molecule has 0 fully saturated rings. The highest BCUT2D eigenvalue weighted by Gasteiger charge is 2.39. The fourth-order valence-corrected chi connectivity index (χ4v) is 1.90. The van der Waals surface area contributed by atoms with E-state index in [0.29, 0.717) is 5.46 Å². The van der Waals surface area contributed by atoms with E-state index in [1.165, 1.54) is 0 Å². The molecule has 1 aromatic heterocycles. The molecule has 0 bridgehead atoms. The van der Waals surface area contributed by atoms with E-state index >= 15 is 0 Å². The molecule has 1 aromatic carbocycles. The number of aryl methyl sites for hydroxylation is 1. The Morgan fingerprint density at radius 3 is 2.50 bits per heavy atom. The van der Waals surface area contributed by atoms with Crippen LogP contribution in [0.25, 0.3) is 10.9 Å². The molecular formula is C14H21BN2O3. The first-order chi connectivity index (χ1) is 9.13. The average molecular weight is 276 g/mol. The molecule has 0 aliphatic carbocycles. The summed E-state index contributed by atoms with van der Waals surface area (Å²) in [6, 6.07) is 3.72. The molecule has 0 unspecified atom stereocenters. The van der Waals surface area contributed by atoms with Crippen LogP contribution in [0.4, 0.5) is 0 Å². The maximum absolute atomic E-state index is 10.4. The molecule has 0 saturated carbocycles. The molecule has 2 aromatic rings. The number of nitrogens with zero attached hydrogens (tertiary/aromatic N) is 1. The van der Waals surface area contributed by atoms with Gasteiger partial charge in [0, 0.05) is 5.39 Å². The van der Waals surface area contributed by atoms with Crippen LogP contribution >= 0.6 is 0 Å². The van der Waals surface area contributed by atoms with Gasteiger partial charge in [0.15, 0.2) is 0 Å². The van der Waals surface area contributed by atoms with E-state index in [2.05, 4.69) is 10.2 Å². The zero-order chi connectivity index (χ0) is 15.1. The van der Waals surface area contributed by atoms with E-state index in [9.17, 15) is 10.1 Å². The van der Waals surface area contributed by atoms with E-state index in [1.54, 1.807) is 33.9 Å². The van der Waals surface area contributed by atoms with Crippen LogP contribution in [0.5, 0.6) is 0 Å². The van der Waals surface area contributed by atoms with Gasteiger partial charge in [-0.1, -0.05) is 12.1 Å². The SMILES string of the molecule is Cc1ccc(B(O)OC(C)(C)C(C)(C)O)c2cn[nH]c12. The summed E-state index contributed by atoms with van der Waals surface area (Å²) in [7, 11) is -1.13. The van der Waals surface area contributed by atoms with Gasteiger partial charge in [-0.3, -0.25) is 5.10 Å². The van der Waals surface area contributed by atoms with Crippen molar-refractivity contribution in [2.45, 2.75) is 45.8 Å². The predicted molar refractivity (Wildman–Crippen MR) is 79.9 cm³/mol. The number of hydrogen-bond donors (Lipinski definition) is 3. The second kappa shape index (κ2) is 4.88. The minimum absolute atomic E-state index is 0.636. The molecule has 0 aliphatic rings. The second-order valence-electron chi connectivity index (χ2n) is 6.17. The maximum Gasteiger partial charge on any atom is 0.492 e. The smallest absolute Gasteiger partial charge is 0.423 e. The van der Waals surface area contributed by atoms with E-state index in [1.807, 2.05) is 19.1 Å². The number of aromatic amines is 1. The molecule has 0 atom stereocenters. The number of hydrogen-bond acceptors (Lipinski definition) is 4. The van der Waals surface area contributed by atoms with Crippen molar-refractivity contribution < 1.29 is 14.8 Å². The highest BCUT2D eigenvalue weighted by atomic mass is 16.5. The zero-order valence-electron chi connectivity index (χ0n) is 12.6. The third-order valence-corrected chi connectivity index (χ3v) is 4.00. The average Bonchev–Trinajstić information content (AvgIpc) is 2.76. The minimum Gasteiger partial charge on any atom is -0.423 e. The van der Waals surface area contributed by atoms with Crippen molar-refractivity contribution in [1.82, 2.24) is 10.2 Å². The monoisotopic (exact) mass is 276 g/mol. The lowest BCUT2D eigenvalue weighted by Crippen LogP contribution is -2.53. The van der Waals surface area contributed by atoms with Crippen molar-refractivity contribution in [3.8, 4) is 0 Å². The molecule has 2 rings (SSSR count). The summed E-state index contributed by atoms with van der Waals surface area (Å²) >= 11 is 0. The molecular weight excluding hydrogens is 255 g/mol. The van der Waals surface area contributed by atoms with Gasteiger partial charge in [0.2, 0.25) is 0 Å². The summed E-state index contributed by atoms with van der Waals surface area (Å²) in [5.74, 6) is 0. The Labute approximate surface area is 119 Å². The van der Waals surface area contributed by atoms with E-state index in [4.69, 9.17) is 4.65 Å². The molecule has 0 radical (unpaired) electrons. The van der Waals surface area contributed by atoms with Crippen LogP contribution in [0.3, 0.4) is 0 Å². The van der Waals surface area contributed by atoms with Crippen molar-refractivity contribution in [2.75, 3.05) is 0 Å². The molecule has 0 saturated heterocycles. The highest BCUT2D eigenvalue weighted by molar-refractivity contribution is 6.63. The lowest BCUT2D eigenvalue weighted by molar-refractivity contribution is -0.0982. The van der Waals surface area contributed by atoms with Crippen LogP contribution in [-0.4, -0.2) is 38.6 Å². The number of nitrogens with one attached hydrogen (secondary N) is 1. The highest BCUT2D eigenvalue weighted by Crippen LogP contribution is 2.26. The lowest BCUT2D eigenvalue weighted by atomic mass is 9.74. The van der Waals surface area contributed by atoms with Crippen molar-refractivity contribution in [3.05, 3.63) is 23.9 Å². The Bertz CT molecular complexity index is 616. The van der Waals surface area contributed by atoms with Crippen molar-refractivity contribution in [1.29, 1.82) is 0 Å². The Balaban J connectivity index is 2.35. The first-order valence-electron chi connectivity index (χ1n) is 6.64. The molecule has 3 N–H and O–H groups in total. The number of aliphatic hydroxyl groups is 1. The summed E-state index contributed by atoms with van der Waals surface area (Å²) < 4.78 is 5.67. The topological polar surface area (TPSA) is 78.4 Å². The van der Waals surface area contributed by atoms with E-state index in [-0.39, 0.29) is 0 Å². The molecule has 0 amide bonds. The Morgan fingerprint density at radius 2 is 1.90 bits per heavy atom. The van der Waals surface area contributed by atoms with Gasteiger partial charge in [-0.2, -0.15) is 5.10 Å². The molecule has 6 heteroatoms. The number of H-pyrrole nitrogens is 1. The summed E-state index contributed by atoms with van der Waals surface area (Å²) in [5.41, 5.74) is 0.597. The van der Waals surface area contributed by atoms with Crippen LogP contribution in [0.2, 0.25) is 0 Å². The number of rotatable bonds is 4. The van der Waals surface area contributed by atoms with Crippen LogP contribution in [0.15, 0.2) is 18.3 Å². The van der Waals surface area contributed by atoms with Crippen LogP contribution in [-0.2, 0) is 4.65 Å². The summed E-state index contributed by atoms with van der Waals surface area (Å²) in [5, 5.41) is 28.2. The van der Waals surface area contributed by atoms with Crippen LogP contribution < -0.4 is 5.46 Å². The molecule has 108 valence electrons. The fourth-order valence-electron chi connectivity index (χ4n) is 1.90. The predicted octanol–water partition coefficient (Wildman–Crippen LogP) is 1.12. The van der Waals surface area contributed by atoms with Gasteiger partial charge in [0.25, 0.3) is 0 Å². The maximum atomic E-state index is 10.4. The quantitative estimate of drug-likeness (QED) is 0.731. The standard InChI is InChI=1S/C14H21BN2O3/c1-9-6-7-11(10-8-16-17-12(9)10)15(19)20-14(4,5)13(2,3)18/h6-8,18-19H,1-5H3,(H,16,17). The van der Waals surface area contributed by atoms with Crippen LogP contribution in [0.1, 0.15) is 33.3 Å². The summed E-state index contributed by atoms with van der Waals surface area (Å²) in [6.45, 7) is 8.77. The Kier molecular flexibility index (Phi) is 3.66. The Hall–Kier alpha value is -1.37. The van der Waals surface area contributed by atoms with Crippen LogP contribution in [0, 0.1) is 6.92 Å². The summed E-state index contributed by atoms with van der Waals surface area (Å²) in [4.78, 5) is 0. The van der Waals surface area contributed by atoms with Gasteiger partial charge in [-0.15, -0.1) is 0 Å². The normalized spacial score (nSPS) is 12.9. The Morgan fingerprint density at radius 1 is 1.25 bits per heavy atom. The van der Waals surface area contributed by atoms with Gasteiger partial charge < -0.3 is 14.8 Å². The van der Waals surface area contributed by atoms with Gasteiger partial charge in [-0.05, 0) is 45.6 Å². The number of benzene rings is 1. The molecule has 0 aliphatic heterocycles. The third kappa shape index (κ3) is 2.59. The first-order valence-corrected chi connectivity index (χ1v) is 6.64. The number of fused-ring (bicyclic) bond motifs is 1. The minimum atomic E-state index is -1.13. The van der Waals surface area contributed by atoms with Crippen molar-refractivity contribution in [2.24, 2.45) is 0 Å². The molecule has 0 spiro atoms.